The van der Waals surface area contributed by atoms with Gasteiger partial charge in [0.2, 0.25) is 5.91 Å². The van der Waals surface area contributed by atoms with Crippen molar-refractivity contribution in [3.63, 3.8) is 0 Å². The molecule has 4 nitrogen and oxygen atoms in total. The first-order chi connectivity index (χ1) is 8.84. The Morgan fingerprint density at radius 1 is 1.44 bits per heavy atom. The van der Waals surface area contributed by atoms with Gasteiger partial charge in [-0.15, -0.1) is 11.3 Å². The van der Waals surface area contributed by atoms with Crippen LogP contribution in [0.3, 0.4) is 0 Å². The molecule has 2 aliphatic heterocycles. The molecular weight excluding hydrogens is 246 g/mol. The molecular formula is C13H19N3OS. The van der Waals surface area contributed by atoms with Crippen molar-refractivity contribution >= 4 is 17.2 Å². The predicted molar refractivity (Wildman–Crippen MR) is 71.3 cm³/mol. The summed E-state index contributed by atoms with van der Waals surface area (Å²) in [5.41, 5.74) is 0. The van der Waals surface area contributed by atoms with Gasteiger partial charge >= 0.3 is 0 Å². The largest absolute Gasteiger partial charge is 0.348 e. The van der Waals surface area contributed by atoms with E-state index in [4.69, 9.17) is 0 Å². The molecule has 0 aliphatic carbocycles. The molecule has 0 spiro atoms. The van der Waals surface area contributed by atoms with Gasteiger partial charge in [-0.3, -0.25) is 9.69 Å². The molecule has 3 heterocycles. The Labute approximate surface area is 111 Å². The van der Waals surface area contributed by atoms with Crippen LogP contribution < -0.4 is 5.32 Å². The van der Waals surface area contributed by atoms with Crippen molar-refractivity contribution in [1.29, 1.82) is 0 Å². The second-order valence-corrected chi connectivity index (χ2v) is 6.10. The molecule has 2 atom stereocenters. The summed E-state index contributed by atoms with van der Waals surface area (Å²) < 4.78 is 0. The lowest BCUT2D eigenvalue weighted by atomic mass is 10.0. The van der Waals surface area contributed by atoms with Crippen LogP contribution in [0.1, 0.15) is 37.1 Å². The highest BCUT2D eigenvalue weighted by atomic mass is 32.1. The molecule has 0 saturated carbocycles. The maximum atomic E-state index is 12.2. The van der Waals surface area contributed by atoms with Crippen molar-refractivity contribution in [2.75, 3.05) is 6.54 Å². The zero-order valence-corrected chi connectivity index (χ0v) is 11.3. The number of nitrogens with one attached hydrogen (secondary N) is 1. The Bertz CT molecular complexity index is 406. The van der Waals surface area contributed by atoms with E-state index in [1.807, 2.05) is 5.38 Å². The molecule has 2 fully saturated rings. The Kier molecular flexibility index (Phi) is 3.61. The molecule has 5 heteroatoms. The SMILES string of the molecule is O=C(NCc1nccs1)C1CCC2CCCCN21. The number of amides is 1. The first-order valence-corrected chi connectivity index (χ1v) is 7.64. The molecule has 98 valence electrons. The Morgan fingerprint density at radius 2 is 2.39 bits per heavy atom. The highest BCUT2D eigenvalue weighted by molar-refractivity contribution is 7.09. The normalized spacial score (nSPS) is 28.0. The number of nitrogens with zero attached hydrogens (tertiary/aromatic N) is 2. The highest BCUT2D eigenvalue weighted by Crippen LogP contribution is 2.31. The lowest BCUT2D eigenvalue weighted by Gasteiger charge is -2.33. The van der Waals surface area contributed by atoms with Crippen molar-refractivity contribution in [1.82, 2.24) is 15.2 Å². The first kappa shape index (κ1) is 12.1. The third-order valence-corrected chi connectivity index (χ3v) is 4.83. The van der Waals surface area contributed by atoms with E-state index in [0.717, 1.165) is 18.0 Å². The lowest BCUT2D eigenvalue weighted by Crippen LogP contribution is -2.47. The van der Waals surface area contributed by atoms with Gasteiger partial charge in [-0.05, 0) is 32.2 Å². The number of aromatic nitrogens is 1. The van der Waals surface area contributed by atoms with Crippen molar-refractivity contribution in [2.24, 2.45) is 0 Å². The number of thiazole rings is 1. The number of fused-ring (bicyclic) bond motifs is 1. The van der Waals surface area contributed by atoms with E-state index in [1.54, 1.807) is 17.5 Å². The molecule has 1 N–H and O–H groups in total. The van der Waals surface area contributed by atoms with Crippen molar-refractivity contribution in [2.45, 2.75) is 50.7 Å². The van der Waals surface area contributed by atoms with E-state index in [-0.39, 0.29) is 11.9 Å². The van der Waals surface area contributed by atoms with E-state index in [1.165, 1.54) is 25.7 Å². The van der Waals surface area contributed by atoms with Crippen LogP contribution in [0.5, 0.6) is 0 Å². The van der Waals surface area contributed by atoms with Crippen molar-refractivity contribution < 1.29 is 4.79 Å². The molecule has 2 aliphatic rings. The Hall–Kier alpha value is -0.940. The van der Waals surface area contributed by atoms with Crippen molar-refractivity contribution in [3.8, 4) is 0 Å². The topological polar surface area (TPSA) is 45.2 Å². The number of carbonyl (C=O) groups is 1. The quantitative estimate of drug-likeness (QED) is 0.906. The van der Waals surface area contributed by atoms with Gasteiger partial charge in [-0.1, -0.05) is 6.42 Å². The van der Waals surface area contributed by atoms with Crippen LogP contribution in [0.25, 0.3) is 0 Å². The minimum atomic E-state index is 0.107. The molecule has 0 aromatic carbocycles. The second kappa shape index (κ2) is 5.36. The zero-order valence-electron chi connectivity index (χ0n) is 10.5. The fourth-order valence-corrected chi connectivity index (χ4v) is 3.72. The average Bonchev–Trinajstić information content (AvgIpc) is 3.05. The number of hydrogen-bond acceptors (Lipinski definition) is 4. The van der Waals surface area contributed by atoms with E-state index in [0.29, 0.717) is 12.6 Å². The fraction of sp³-hybridized carbons (Fsp3) is 0.692. The Balaban J connectivity index is 1.56. The summed E-state index contributed by atoms with van der Waals surface area (Å²) in [6, 6.07) is 0.768. The second-order valence-electron chi connectivity index (χ2n) is 5.12. The van der Waals surface area contributed by atoms with E-state index in [9.17, 15) is 4.79 Å². The lowest BCUT2D eigenvalue weighted by molar-refractivity contribution is -0.126. The fourth-order valence-electron chi connectivity index (χ4n) is 3.16. The maximum Gasteiger partial charge on any atom is 0.237 e. The molecule has 2 saturated heterocycles. The van der Waals surface area contributed by atoms with Crippen LogP contribution in [0.4, 0.5) is 0 Å². The molecule has 1 amide bonds. The van der Waals surface area contributed by atoms with Gasteiger partial charge in [-0.25, -0.2) is 4.98 Å². The molecule has 1 aromatic rings. The smallest absolute Gasteiger partial charge is 0.237 e. The minimum absolute atomic E-state index is 0.107. The summed E-state index contributed by atoms with van der Waals surface area (Å²) in [6.45, 7) is 1.67. The maximum absolute atomic E-state index is 12.2. The zero-order chi connectivity index (χ0) is 12.4. The van der Waals surface area contributed by atoms with E-state index < -0.39 is 0 Å². The third kappa shape index (κ3) is 2.42. The minimum Gasteiger partial charge on any atom is -0.348 e. The average molecular weight is 265 g/mol. The predicted octanol–water partition coefficient (Wildman–Crippen LogP) is 1.78. The van der Waals surface area contributed by atoms with Crippen LogP contribution in [-0.4, -0.2) is 34.4 Å². The number of hydrogen-bond donors (Lipinski definition) is 1. The molecule has 18 heavy (non-hydrogen) atoms. The van der Waals surface area contributed by atoms with Crippen LogP contribution >= 0.6 is 11.3 Å². The van der Waals surface area contributed by atoms with Gasteiger partial charge in [0.25, 0.3) is 0 Å². The van der Waals surface area contributed by atoms with Gasteiger partial charge in [-0.2, -0.15) is 0 Å². The summed E-state index contributed by atoms with van der Waals surface area (Å²) in [5, 5.41) is 5.95. The van der Waals surface area contributed by atoms with Gasteiger partial charge in [0.1, 0.15) is 5.01 Å². The highest BCUT2D eigenvalue weighted by Gasteiger charge is 2.38. The van der Waals surface area contributed by atoms with Crippen LogP contribution in [0.15, 0.2) is 11.6 Å². The van der Waals surface area contributed by atoms with Crippen LogP contribution in [0.2, 0.25) is 0 Å². The van der Waals surface area contributed by atoms with Gasteiger partial charge in [0.15, 0.2) is 0 Å². The van der Waals surface area contributed by atoms with E-state index in [2.05, 4.69) is 15.2 Å². The molecule has 0 bridgehead atoms. The van der Waals surface area contributed by atoms with Gasteiger partial charge in [0.05, 0.1) is 12.6 Å². The summed E-state index contributed by atoms with van der Waals surface area (Å²) >= 11 is 1.59. The van der Waals surface area contributed by atoms with Crippen LogP contribution in [-0.2, 0) is 11.3 Å². The first-order valence-electron chi connectivity index (χ1n) is 6.76. The van der Waals surface area contributed by atoms with E-state index >= 15 is 0 Å². The summed E-state index contributed by atoms with van der Waals surface area (Å²) in [6.07, 6.45) is 7.84. The summed E-state index contributed by atoms with van der Waals surface area (Å²) in [5.74, 6) is 0.189. The third-order valence-electron chi connectivity index (χ3n) is 4.05. The van der Waals surface area contributed by atoms with Gasteiger partial charge < -0.3 is 5.32 Å². The molecule has 3 rings (SSSR count). The summed E-state index contributed by atoms with van der Waals surface area (Å²) in [7, 11) is 0. The van der Waals surface area contributed by atoms with Crippen LogP contribution in [0, 0.1) is 0 Å². The molecule has 1 aromatic heterocycles. The molecule has 2 unspecified atom stereocenters. The van der Waals surface area contributed by atoms with Crippen molar-refractivity contribution in [3.05, 3.63) is 16.6 Å². The summed E-state index contributed by atoms with van der Waals surface area (Å²) in [4.78, 5) is 18.8. The number of carbonyl (C=O) groups excluding carboxylic acids is 1. The monoisotopic (exact) mass is 265 g/mol. The Morgan fingerprint density at radius 3 is 3.22 bits per heavy atom. The number of piperidine rings is 1. The van der Waals surface area contributed by atoms with Gasteiger partial charge in [0, 0.05) is 17.6 Å². The number of rotatable bonds is 3. The molecule has 0 radical (unpaired) electrons. The standard InChI is InChI=1S/C13H19N3OS/c17-13(15-9-12-14-6-8-18-12)11-5-4-10-3-1-2-7-16(10)11/h6,8,10-11H,1-5,7,9H2,(H,15,17).